The van der Waals surface area contributed by atoms with Crippen LogP contribution in [0.2, 0.25) is 0 Å². The number of thiophene rings is 1. The quantitative estimate of drug-likeness (QED) is 0.0966. The van der Waals surface area contributed by atoms with Crippen LogP contribution in [0.5, 0.6) is 23.0 Å². The maximum absolute atomic E-state index is 13.1. The number of piperazine rings is 1. The minimum atomic E-state index is -0.595. The predicted molar refractivity (Wildman–Crippen MR) is 214 cm³/mol. The molecule has 3 aliphatic heterocycles. The molecule has 0 spiro atoms. The fourth-order valence-corrected chi connectivity index (χ4v) is 8.90. The number of carbonyl (C=O) groups is 3. The summed E-state index contributed by atoms with van der Waals surface area (Å²) in [6, 6.07) is 26.7. The van der Waals surface area contributed by atoms with Crippen LogP contribution in [-0.4, -0.2) is 78.0 Å². The Bertz CT molecular complexity index is 2180. The van der Waals surface area contributed by atoms with E-state index < -0.39 is 6.04 Å². The number of benzene rings is 4. The van der Waals surface area contributed by atoms with Gasteiger partial charge in [0.2, 0.25) is 11.8 Å². The Morgan fingerprint density at radius 3 is 2.41 bits per heavy atom. The first kappa shape index (κ1) is 36.1. The molecule has 1 atom stereocenters. The summed E-state index contributed by atoms with van der Waals surface area (Å²) in [6.07, 6.45) is 3.80. The molecule has 0 bridgehead atoms. The van der Waals surface area contributed by atoms with E-state index in [1.807, 2.05) is 54.6 Å². The molecule has 0 aliphatic carbocycles. The highest BCUT2D eigenvalue weighted by Crippen LogP contribution is 2.47. The predicted octanol–water partition coefficient (Wildman–Crippen LogP) is 7.96. The molecule has 8 rings (SSSR count). The van der Waals surface area contributed by atoms with Crippen molar-refractivity contribution in [1.82, 2.24) is 15.1 Å². The van der Waals surface area contributed by atoms with Crippen LogP contribution in [0.15, 0.2) is 89.4 Å². The molecule has 0 saturated carbocycles. The summed E-state index contributed by atoms with van der Waals surface area (Å²) >= 11 is 5.11. The number of nitrogens with one attached hydrogen (secondary N) is 1. The van der Waals surface area contributed by atoms with Crippen molar-refractivity contribution < 1.29 is 29.0 Å². The molecular weight excluding hydrogens is 768 g/mol. The molecule has 1 unspecified atom stereocenters. The van der Waals surface area contributed by atoms with Crippen molar-refractivity contribution in [2.45, 2.75) is 44.7 Å². The van der Waals surface area contributed by atoms with Crippen LogP contribution in [0.4, 0.5) is 5.69 Å². The number of phenols is 1. The van der Waals surface area contributed by atoms with Gasteiger partial charge >= 0.3 is 0 Å². The number of aromatic hydroxyl groups is 1. The number of anilines is 1. The van der Waals surface area contributed by atoms with Gasteiger partial charge in [0.05, 0.1) is 11.5 Å². The van der Waals surface area contributed by atoms with Crippen molar-refractivity contribution in [1.29, 1.82) is 0 Å². The zero-order valence-corrected chi connectivity index (χ0v) is 32.2. The lowest BCUT2D eigenvalue weighted by Gasteiger charge is -2.36. The smallest absolute Gasteiger partial charge is 0.255 e. The lowest BCUT2D eigenvalue weighted by molar-refractivity contribution is -0.136. The first-order valence-corrected chi connectivity index (χ1v) is 20.1. The van der Waals surface area contributed by atoms with Crippen molar-refractivity contribution in [3.63, 3.8) is 0 Å². The van der Waals surface area contributed by atoms with E-state index in [-0.39, 0.29) is 29.9 Å². The van der Waals surface area contributed by atoms with Crippen molar-refractivity contribution >= 4 is 60.8 Å². The largest absolute Gasteiger partial charge is 0.508 e. The molecule has 4 heterocycles. The highest BCUT2D eigenvalue weighted by molar-refractivity contribution is 9.10. The number of ether oxygens (including phenoxy) is 2. The second kappa shape index (κ2) is 15.8. The van der Waals surface area contributed by atoms with Gasteiger partial charge in [-0.05, 0) is 116 Å². The van der Waals surface area contributed by atoms with Crippen LogP contribution in [0.25, 0.3) is 20.5 Å². The third-order valence-electron chi connectivity index (χ3n) is 10.4. The van der Waals surface area contributed by atoms with Crippen molar-refractivity contribution in [2.24, 2.45) is 0 Å². The number of halogens is 1. The normalized spacial score (nSPS) is 17.6. The summed E-state index contributed by atoms with van der Waals surface area (Å²) in [5.74, 6) is 1.74. The summed E-state index contributed by atoms with van der Waals surface area (Å²) < 4.78 is 14.5. The van der Waals surface area contributed by atoms with E-state index in [0.717, 1.165) is 105 Å². The van der Waals surface area contributed by atoms with Gasteiger partial charge in [0, 0.05) is 65.0 Å². The maximum Gasteiger partial charge on any atom is 0.255 e. The zero-order chi connectivity index (χ0) is 37.2. The van der Waals surface area contributed by atoms with E-state index in [1.54, 1.807) is 28.4 Å². The SMILES string of the molecule is O=C1CCC(N2Cc3cc(N4CCN(CCCCCOc5ccc(Oc6c(-c7ccc(Br)cc7)sc7cc(O)ccc67)cc5)CC4)ccc3C2=O)C(=O)N1. The number of nitrogens with zero attached hydrogens (tertiary/aromatic N) is 3. The molecule has 5 aromatic rings. The number of carbonyl (C=O) groups excluding carboxylic acids is 3. The number of unbranched alkanes of at least 4 members (excludes halogenated alkanes) is 2. The Morgan fingerprint density at radius 1 is 0.852 bits per heavy atom. The molecule has 0 radical (unpaired) electrons. The van der Waals surface area contributed by atoms with Crippen molar-refractivity contribution in [2.75, 3.05) is 44.2 Å². The van der Waals surface area contributed by atoms with Gasteiger partial charge in [-0.2, -0.15) is 0 Å². The summed E-state index contributed by atoms with van der Waals surface area (Å²) in [5.41, 5.74) is 3.75. The van der Waals surface area contributed by atoms with Crippen LogP contribution in [-0.2, 0) is 16.1 Å². The monoisotopic (exact) mass is 808 g/mol. The van der Waals surface area contributed by atoms with E-state index in [4.69, 9.17) is 9.47 Å². The molecule has 3 aliphatic rings. The van der Waals surface area contributed by atoms with Gasteiger partial charge in [-0.25, -0.2) is 0 Å². The molecule has 12 heteroatoms. The molecule has 2 saturated heterocycles. The van der Waals surface area contributed by atoms with Gasteiger partial charge < -0.3 is 24.4 Å². The highest BCUT2D eigenvalue weighted by atomic mass is 79.9. The molecule has 10 nitrogen and oxygen atoms in total. The van der Waals surface area contributed by atoms with E-state index in [9.17, 15) is 19.5 Å². The van der Waals surface area contributed by atoms with Gasteiger partial charge in [-0.15, -0.1) is 11.3 Å². The summed E-state index contributed by atoms with van der Waals surface area (Å²) in [7, 11) is 0. The molecule has 3 amide bonds. The number of phenolic OH excluding ortho intramolecular Hbond substituents is 1. The molecule has 2 fully saturated rings. The average molecular weight is 810 g/mol. The Kier molecular flexibility index (Phi) is 10.6. The number of hydrogen-bond acceptors (Lipinski definition) is 9. The van der Waals surface area contributed by atoms with E-state index in [1.165, 1.54) is 0 Å². The lowest BCUT2D eigenvalue weighted by atomic mass is 10.0. The first-order chi connectivity index (χ1) is 26.3. The number of fused-ring (bicyclic) bond motifs is 2. The summed E-state index contributed by atoms with van der Waals surface area (Å²) in [4.78, 5) is 44.5. The Morgan fingerprint density at radius 2 is 1.63 bits per heavy atom. The number of piperidine rings is 1. The summed E-state index contributed by atoms with van der Waals surface area (Å²) in [5, 5.41) is 13.4. The minimum Gasteiger partial charge on any atom is -0.508 e. The van der Waals surface area contributed by atoms with Gasteiger partial charge in [0.25, 0.3) is 5.91 Å². The Hall–Kier alpha value is -4.91. The topological polar surface area (TPSA) is 112 Å². The zero-order valence-electron chi connectivity index (χ0n) is 29.8. The molecule has 4 aromatic carbocycles. The highest BCUT2D eigenvalue weighted by Gasteiger charge is 2.39. The van der Waals surface area contributed by atoms with E-state index in [0.29, 0.717) is 25.1 Å². The first-order valence-electron chi connectivity index (χ1n) is 18.5. The fraction of sp³-hybridized carbons (Fsp3) is 0.310. The van der Waals surface area contributed by atoms with Crippen LogP contribution >= 0.6 is 27.3 Å². The van der Waals surface area contributed by atoms with Crippen LogP contribution in [0.1, 0.15) is 48.0 Å². The Balaban J connectivity index is 0.764. The van der Waals surface area contributed by atoms with Crippen LogP contribution < -0.4 is 19.7 Å². The fourth-order valence-electron chi connectivity index (χ4n) is 7.47. The summed E-state index contributed by atoms with van der Waals surface area (Å²) in [6.45, 7) is 5.91. The van der Waals surface area contributed by atoms with Crippen LogP contribution in [0, 0.1) is 0 Å². The Labute approximate surface area is 326 Å². The van der Waals surface area contributed by atoms with E-state index in [2.05, 4.69) is 49.2 Å². The van der Waals surface area contributed by atoms with E-state index >= 15 is 0 Å². The second-order valence-corrected chi connectivity index (χ2v) is 16.0. The minimum absolute atomic E-state index is 0.136. The maximum atomic E-state index is 13.1. The van der Waals surface area contributed by atoms with Crippen molar-refractivity contribution in [3.8, 4) is 33.4 Å². The molecule has 54 heavy (non-hydrogen) atoms. The average Bonchev–Trinajstić information content (AvgIpc) is 3.70. The number of imide groups is 1. The van der Waals surface area contributed by atoms with Gasteiger partial charge in [-0.1, -0.05) is 28.1 Å². The number of hydrogen-bond donors (Lipinski definition) is 2. The third kappa shape index (κ3) is 7.82. The molecule has 1 aromatic heterocycles. The second-order valence-electron chi connectivity index (χ2n) is 14.0. The van der Waals surface area contributed by atoms with Gasteiger partial charge in [0.1, 0.15) is 23.3 Å². The van der Waals surface area contributed by atoms with Crippen molar-refractivity contribution in [3.05, 3.63) is 101 Å². The third-order valence-corrected chi connectivity index (χ3v) is 12.1. The molecule has 2 N–H and O–H groups in total. The lowest BCUT2D eigenvalue weighted by Crippen LogP contribution is -2.52. The standard InChI is InChI=1S/C42H41BrN4O6S/c43-29-6-4-27(5-7-29)40-39(35-15-9-31(48)25-37(35)54-40)53-33-12-10-32(11-13-33)52-23-3-1-2-18-45-19-21-46(22-20-45)30-8-14-34-28(24-30)26-47(42(34)51)36-16-17-38(49)44-41(36)50/h4-15,24-25,36,48H,1-3,16-23,26H2,(H,44,49,50). The molecule has 278 valence electrons. The van der Waals surface area contributed by atoms with Gasteiger partial charge in [0.15, 0.2) is 5.75 Å². The number of rotatable bonds is 12. The number of amides is 3. The van der Waals surface area contributed by atoms with Gasteiger partial charge in [-0.3, -0.25) is 24.6 Å². The van der Waals surface area contributed by atoms with Crippen LogP contribution in [0.3, 0.4) is 0 Å². The molecular formula is C42H41BrN4O6S.